The third kappa shape index (κ3) is 5.20. The number of aromatic amines is 1. The van der Waals surface area contributed by atoms with Gasteiger partial charge in [0.25, 0.3) is 5.56 Å². The number of H-pyrrole nitrogens is 1. The van der Waals surface area contributed by atoms with Gasteiger partial charge in [-0.15, -0.1) is 0 Å². The van der Waals surface area contributed by atoms with Crippen LogP contribution in [0.5, 0.6) is 0 Å². The normalized spacial score (nSPS) is 11.0. The molecule has 1 aromatic carbocycles. The second-order valence-electron chi connectivity index (χ2n) is 6.15. The molecule has 0 fully saturated rings. The second-order valence-corrected chi connectivity index (χ2v) is 7.00. The zero-order valence-corrected chi connectivity index (χ0v) is 17.0. The summed E-state index contributed by atoms with van der Waals surface area (Å²) in [6.45, 7) is 3.45. The maximum atomic E-state index is 13.4. The lowest BCUT2D eigenvalue weighted by atomic mass is 10.2. The molecule has 9 heteroatoms. The highest BCUT2D eigenvalue weighted by molar-refractivity contribution is 9.10. The summed E-state index contributed by atoms with van der Waals surface area (Å²) < 4.78 is 20.5. The zero-order chi connectivity index (χ0) is 20.0. The van der Waals surface area contributed by atoms with Crippen molar-refractivity contribution in [3.05, 3.63) is 54.9 Å². The number of unbranched alkanes of at least 4 members (excludes halogenated alkanes) is 1. The van der Waals surface area contributed by atoms with E-state index in [9.17, 15) is 14.0 Å². The van der Waals surface area contributed by atoms with Gasteiger partial charge in [-0.2, -0.15) is 0 Å². The van der Waals surface area contributed by atoms with E-state index in [1.54, 1.807) is 18.1 Å². The molecule has 0 saturated heterocycles. The Morgan fingerprint density at radius 3 is 2.74 bits per heavy atom. The number of aromatic nitrogens is 2. The van der Waals surface area contributed by atoms with Gasteiger partial charge < -0.3 is 15.4 Å². The van der Waals surface area contributed by atoms with E-state index in [4.69, 9.17) is 10.5 Å². The Labute approximate surface area is 165 Å². The van der Waals surface area contributed by atoms with Crippen molar-refractivity contribution < 1.29 is 9.13 Å². The van der Waals surface area contributed by atoms with Crippen molar-refractivity contribution >= 4 is 27.4 Å². The summed E-state index contributed by atoms with van der Waals surface area (Å²) in [7, 11) is 1.56. The van der Waals surface area contributed by atoms with Crippen LogP contribution in [0, 0.1) is 5.82 Å². The van der Waals surface area contributed by atoms with Crippen LogP contribution >= 0.6 is 15.9 Å². The largest absolute Gasteiger partial charge is 0.383 e. The molecular formula is C18H24BrFN4O3. The van der Waals surface area contributed by atoms with Crippen molar-refractivity contribution in [1.29, 1.82) is 0 Å². The number of anilines is 2. The van der Waals surface area contributed by atoms with Crippen LogP contribution < -0.4 is 21.9 Å². The van der Waals surface area contributed by atoms with E-state index >= 15 is 0 Å². The number of hydrogen-bond acceptors (Lipinski definition) is 5. The topological polar surface area (TPSA) is 93.3 Å². The summed E-state index contributed by atoms with van der Waals surface area (Å²) >= 11 is 3.34. The minimum absolute atomic E-state index is 0.117. The summed E-state index contributed by atoms with van der Waals surface area (Å²) in [6.07, 6.45) is 1.65. The molecule has 2 rings (SSSR count). The Morgan fingerprint density at radius 1 is 1.37 bits per heavy atom. The molecule has 1 aromatic heterocycles. The molecule has 0 aliphatic carbocycles. The molecule has 0 aliphatic rings. The Balaban J connectivity index is 2.49. The zero-order valence-electron chi connectivity index (χ0n) is 15.4. The van der Waals surface area contributed by atoms with Crippen molar-refractivity contribution in [2.24, 2.45) is 0 Å². The minimum Gasteiger partial charge on any atom is -0.383 e. The number of nitrogens with one attached hydrogen (secondary N) is 1. The second kappa shape index (κ2) is 9.70. The van der Waals surface area contributed by atoms with E-state index in [0.29, 0.717) is 30.7 Å². The fourth-order valence-electron chi connectivity index (χ4n) is 2.75. The molecule has 0 aliphatic heterocycles. The molecule has 27 heavy (non-hydrogen) atoms. The summed E-state index contributed by atoms with van der Waals surface area (Å²) in [5.74, 6) is -0.244. The predicted octanol–water partition coefficient (Wildman–Crippen LogP) is 2.47. The van der Waals surface area contributed by atoms with Gasteiger partial charge in [0.2, 0.25) is 0 Å². The fourth-order valence-corrected chi connectivity index (χ4v) is 3.22. The number of nitrogens with two attached hydrogens (primary N) is 1. The summed E-state index contributed by atoms with van der Waals surface area (Å²) in [6, 6.07) is 4.35. The Morgan fingerprint density at radius 2 is 2.11 bits per heavy atom. The van der Waals surface area contributed by atoms with E-state index in [1.807, 2.05) is 6.92 Å². The standard InChI is InChI=1S/C18H24BrFN4O3/c1-3-4-7-24-16(21)15(17(25)22-18(24)26)23(8-9-27-2)11-12-5-6-13(20)10-14(12)19/h5-6,10H,3-4,7-9,11,21H2,1-2H3,(H,22,25,26). The van der Waals surface area contributed by atoms with Gasteiger partial charge in [-0.05, 0) is 24.1 Å². The molecule has 0 saturated carbocycles. The van der Waals surface area contributed by atoms with Crippen molar-refractivity contribution in [3.8, 4) is 0 Å². The first kappa shape index (κ1) is 21.2. The maximum Gasteiger partial charge on any atom is 0.330 e. The van der Waals surface area contributed by atoms with Gasteiger partial charge in [-0.25, -0.2) is 9.18 Å². The molecule has 2 aromatic rings. The highest BCUT2D eigenvalue weighted by Gasteiger charge is 2.20. The van der Waals surface area contributed by atoms with Crippen molar-refractivity contribution in [1.82, 2.24) is 9.55 Å². The molecule has 0 spiro atoms. The van der Waals surface area contributed by atoms with Crippen LogP contribution in [0.15, 0.2) is 32.3 Å². The van der Waals surface area contributed by atoms with Gasteiger partial charge in [0.05, 0.1) is 6.61 Å². The molecule has 1 heterocycles. The third-order valence-corrected chi connectivity index (χ3v) is 4.95. The van der Waals surface area contributed by atoms with Crippen LogP contribution in [0.4, 0.5) is 15.9 Å². The number of hydrogen-bond donors (Lipinski definition) is 2. The lowest BCUT2D eigenvalue weighted by Crippen LogP contribution is -2.39. The minimum atomic E-state index is -0.556. The number of rotatable bonds is 9. The first-order valence-electron chi connectivity index (χ1n) is 8.69. The number of methoxy groups -OCH3 is 1. The van der Waals surface area contributed by atoms with Crippen LogP contribution in [-0.4, -0.2) is 29.8 Å². The smallest absolute Gasteiger partial charge is 0.330 e. The average molecular weight is 443 g/mol. The number of nitrogens with zero attached hydrogens (tertiary/aromatic N) is 2. The van der Waals surface area contributed by atoms with Gasteiger partial charge in [-0.3, -0.25) is 14.3 Å². The predicted molar refractivity (Wildman–Crippen MR) is 108 cm³/mol. The van der Waals surface area contributed by atoms with Crippen molar-refractivity contribution in [2.75, 3.05) is 30.9 Å². The number of nitrogen functional groups attached to an aromatic ring is 1. The van der Waals surface area contributed by atoms with Crippen LogP contribution in [0.3, 0.4) is 0 Å². The summed E-state index contributed by atoms with van der Waals surface area (Å²) in [4.78, 5) is 28.7. The molecular weight excluding hydrogens is 419 g/mol. The maximum absolute atomic E-state index is 13.4. The summed E-state index contributed by atoms with van der Waals surface area (Å²) in [5, 5.41) is 0. The Bertz CT molecular complexity index is 897. The SMILES string of the molecule is CCCCn1c(N)c(N(CCOC)Cc2ccc(F)cc2Br)c(=O)[nH]c1=O. The molecule has 0 bridgehead atoms. The van der Waals surface area contributed by atoms with E-state index < -0.39 is 11.2 Å². The highest BCUT2D eigenvalue weighted by Crippen LogP contribution is 2.24. The van der Waals surface area contributed by atoms with Crippen molar-refractivity contribution in [3.63, 3.8) is 0 Å². The molecule has 0 amide bonds. The first-order chi connectivity index (χ1) is 12.9. The highest BCUT2D eigenvalue weighted by atomic mass is 79.9. The molecule has 0 radical (unpaired) electrons. The number of benzene rings is 1. The van der Waals surface area contributed by atoms with Crippen molar-refractivity contribution in [2.45, 2.75) is 32.9 Å². The monoisotopic (exact) mass is 442 g/mol. The van der Waals surface area contributed by atoms with E-state index in [0.717, 1.165) is 18.4 Å². The van der Waals surface area contributed by atoms with Gasteiger partial charge >= 0.3 is 5.69 Å². The lowest BCUT2D eigenvalue weighted by Gasteiger charge is -2.26. The van der Waals surface area contributed by atoms with Crippen LogP contribution in [0.2, 0.25) is 0 Å². The molecule has 148 valence electrons. The van der Waals surface area contributed by atoms with Crippen LogP contribution in [-0.2, 0) is 17.8 Å². The van der Waals surface area contributed by atoms with Gasteiger partial charge in [0, 0.05) is 31.2 Å². The quantitative estimate of drug-likeness (QED) is 0.621. The van der Waals surface area contributed by atoms with Gasteiger partial charge in [0.1, 0.15) is 17.3 Å². The first-order valence-corrected chi connectivity index (χ1v) is 9.48. The number of halogens is 2. The van der Waals surface area contributed by atoms with Gasteiger partial charge in [-0.1, -0.05) is 35.3 Å². The molecule has 0 atom stereocenters. The van der Waals surface area contributed by atoms with Crippen LogP contribution in [0.25, 0.3) is 0 Å². The Hall–Kier alpha value is -2.13. The third-order valence-electron chi connectivity index (χ3n) is 4.21. The average Bonchev–Trinajstić information content (AvgIpc) is 2.61. The molecule has 0 unspecified atom stereocenters. The van der Waals surface area contributed by atoms with Crippen LogP contribution in [0.1, 0.15) is 25.3 Å². The fraction of sp³-hybridized carbons (Fsp3) is 0.444. The summed E-state index contributed by atoms with van der Waals surface area (Å²) in [5.41, 5.74) is 6.11. The molecule has 3 N–H and O–H groups in total. The van der Waals surface area contributed by atoms with E-state index in [1.165, 1.54) is 16.7 Å². The Kier molecular flexibility index (Phi) is 7.61. The lowest BCUT2D eigenvalue weighted by molar-refractivity contribution is 0.205. The van der Waals surface area contributed by atoms with E-state index in [2.05, 4.69) is 20.9 Å². The van der Waals surface area contributed by atoms with E-state index in [-0.39, 0.29) is 17.3 Å². The molecule has 7 nitrogen and oxygen atoms in total. The number of ether oxygens (including phenoxy) is 1. The van der Waals surface area contributed by atoms with Gasteiger partial charge in [0.15, 0.2) is 0 Å².